The predicted octanol–water partition coefficient (Wildman–Crippen LogP) is 1.23. The Labute approximate surface area is 79.8 Å². The molecule has 1 aromatic carbocycles. The van der Waals surface area contributed by atoms with Gasteiger partial charge in [-0.2, -0.15) is 0 Å². The van der Waals surface area contributed by atoms with Gasteiger partial charge in [-0.1, -0.05) is 6.07 Å². The number of nitrogens with two attached hydrogens (primary N) is 1. The minimum atomic E-state index is -3.03. The van der Waals surface area contributed by atoms with Crippen LogP contribution in [0.4, 0.5) is 8.78 Å². The molecule has 0 atom stereocenters. The molecule has 0 saturated heterocycles. The van der Waals surface area contributed by atoms with Crippen molar-refractivity contribution in [1.29, 1.82) is 0 Å². The highest BCUT2D eigenvalue weighted by Gasteiger charge is 2.28. The maximum absolute atomic E-state index is 12.8. The van der Waals surface area contributed by atoms with Crippen LogP contribution in [0, 0.1) is 0 Å². The van der Waals surface area contributed by atoms with E-state index >= 15 is 0 Å². The van der Waals surface area contributed by atoms with Gasteiger partial charge in [0, 0.05) is 18.1 Å². The second-order valence-electron chi connectivity index (χ2n) is 3.05. The molecule has 14 heavy (non-hydrogen) atoms. The van der Waals surface area contributed by atoms with E-state index in [1.165, 1.54) is 12.1 Å². The molecular weight excluding hydrogens is 192 g/mol. The standard InChI is InChI=1S/C9H11F2NO2/c10-9(11,5-12)4-6-1-2-7(13)3-8(6)14/h1-3,13-14H,4-5,12H2. The van der Waals surface area contributed by atoms with Crippen LogP contribution in [0.5, 0.6) is 11.5 Å². The zero-order valence-electron chi connectivity index (χ0n) is 7.37. The van der Waals surface area contributed by atoms with Gasteiger partial charge >= 0.3 is 0 Å². The highest BCUT2D eigenvalue weighted by atomic mass is 19.3. The molecule has 0 heterocycles. The maximum Gasteiger partial charge on any atom is 0.264 e. The lowest BCUT2D eigenvalue weighted by molar-refractivity contribution is 0.0109. The van der Waals surface area contributed by atoms with Crippen LogP contribution in [0.3, 0.4) is 0 Å². The molecule has 0 radical (unpaired) electrons. The summed E-state index contributed by atoms with van der Waals surface area (Å²) < 4.78 is 25.6. The van der Waals surface area contributed by atoms with Crippen LogP contribution < -0.4 is 5.73 Å². The Morgan fingerprint density at radius 1 is 1.29 bits per heavy atom. The minimum absolute atomic E-state index is 0.0678. The van der Waals surface area contributed by atoms with E-state index in [-0.39, 0.29) is 17.1 Å². The van der Waals surface area contributed by atoms with Gasteiger partial charge in [-0.25, -0.2) is 8.78 Å². The molecule has 4 N–H and O–H groups in total. The van der Waals surface area contributed by atoms with Crippen molar-refractivity contribution < 1.29 is 19.0 Å². The first-order chi connectivity index (χ1) is 6.44. The number of hydrogen-bond acceptors (Lipinski definition) is 3. The lowest BCUT2D eigenvalue weighted by atomic mass is 10.1. The molecule has 3 nitrogen and oxygen atoms in total. The first-order valence-electron chi connectivity index (χ1n) is 4.03. The van der Waals surface area contributed by atoms with E-state index in [2.05, 4.69) is 0 Å². The molecule has 0 amide bonds. The zero-order valence-corrected chi connectivity index (χ0v) is 7.37. The molecule has 0 saturated carbocycles. The first-order valence-corrected chi connectivity index (χ1v) is 4.03. The van der Waals surface area contributed by atoms with E-state index in [0.717, 1.165) is 6.07 Å². The van der Waals surface area contributed by atoms with Gasteiger partial charge in [0.1, 0.15) is 11.5 Å². The van der Waals surface area contributed by atoms with E-state index in [9.17, 15) is 13.9 Å². The number of hydrogen-bond donors (Lipinski definition) is 3. The Morgan fingerprint density at radius 2 is 1.93 bits per heavy atom. The number of phenolic OH excluding ortho intramolecular Hbond substituents is 2. The molecule has 5 heteroatoms. The lowest BCUT2D eigenvalue weighted by Crippen LogP contribution is -2.30. The summed E-state index contributed by atoms with van der Waals surface area (Å²) in [5.41, 5.74) is 4.92. The topological polar surface area (TPSA) is 66.5 Å². The van der Waals surface area contributed by atoms with Gasteiger partial charge in [0.15, 0.2) is 0 Å². The molecule has 0 bridgehead atoms. The Hall–Kier alpha value is -1.36. The summed E-state index contributed by atoms with van der Waals surface area (Å²) in [5.74, 6) is -3.55. The fourth-order valence-corrected chi connectivity index (χ4v) is 1.05. The van der Waals surface area contributed by atoms with Gasteiger partial charge in [-0.15, -0.1) is 0 Å². The van der Waals surface area contributed by atoms with E-state index < -0.39 is 18.9 Å². The van der Waals surface area contributed by atoms with Crippen molar-refractivity contribution >= 4 is 0 Å². The van der Waals surface area contributed by atoms with Crippen LogP contribution in [-0.2, 0) is 6.42 Å². The fourth-order valence-electron chi connectivity index (χ4n) is 1.05. The van der Waals surface area contributed by atoms with Crippen molar-refractivity contribution in [3.63, 3.8) is 0 Å². The van der Waals surface area contributed by atoms with E-state index in [4.69, 9.17) is 10.8 Å². The second-order valence-corrected chi connectivity index (χ2v) is 3.05. The van der Waals surface area contributed by atoms with Crippen LogP contribution in [0.2, 0.25) is 0 Å². The van der Waals surface area contributed by atoms with Crippen molar-refractivity contribution in [1.82, 2.24) is 0 Å². The highest BCUT2D eigenvalue weighted by Crippen LogP contribution is 2.27. The number of rotatable bonds is 3. The molecule has 0 fully saturated rings. The van der Waals surface area contributed by atoms with Crippen LogP contribution in [0.25, 0.3) is 0 Å². The predicted molar refractivity (Wildman–Crippen MR) is 47.5 cm³/mol. The van der Waals surface area contributed by atoms with Gasteiger partial charge in [-0.05, 0) is 6.07 Å². The number of halogens is 2. The quantitative estimate of drug-likeness (QED) is 0.692. The Kier molecular flexibility index (Phi) is 2.90. The van der Waals surface area contributed by atoms with Crippen LogP contribution in [0.1, 0.15) is 5.56 Å². The Balaban J connectivity index is 2.87. The third-order valence-electron chi connectivity index (χ3n) is 1.82. The van der Waals surface area contributed by atoms with Gasteiger partial charge in [0.2, 0.25) is 0 Å². The summed E-state index contributed by atoms with van der Waals surface area (Å²) in [6.07, 6.45) is -0.629. The smallest absolute Gasteiger partial charge is 0.264 e. The van der Waals surface area contributed by atoms with E-state index in [1.54, 1.807) is 0 Å². The van der Waals surface area contributed by atoms with Crippen molar-refractivity contribution in [2.45, 2.75) is 12.3 Å². The van der Waals surface area contributed by atoms with Crippen molar-refractivity contribution in [3.8, 4) is 11.5 Å². The van der Waals surface area contributed by atoms with Crippen molar-refractivity contribution in [2.24, 2.45) is 5.73 Å². The number of phenols is 2. The SMILES string of the molecule is NCC(F)(F)Cc1ccc(O)cc1O. The van der Waals surface area contributed by atoms with Crippen LogP contribution in [0.15, 0.2) is 18.2 Å². The van der Waals surface area contributed by atoms with Gasteiger partial charge in [-0.3, -0.25) is 0 Å². The monoisotopic (exact) mass is 203 g/mol. The summed E-state index contributed by atoms with van der Waals surface area (Å²) in [5, 5.41) is 18.1. The van der Waals surface area contributed by atoms with Gasteiger partial charge in [0.25, 0.3) is 5.92 Å². The van der Waals surface area contributed by atoms with Crippen LogP contribution >= 0.6 is 0 Å². The molecular formula is C9H11F2NO2. The molecule has 0 spiro atoms. The third-order valence-corrected chi connectivity index (χ3v) is 1.82. The van der Waals surface area contributed by atoms with Crippen molar-refractivity contribution in [3.05, 3.63) is 23.8 Å². The highest BCUT2D eigenvalue weighted by molar-refractivity contribution is 5.39. The van der Waals surface area contributed by atoms with E-state index in [1.807, 2.05) is 0 Å². The third kappa shape index (κ3) is 2.56. The molecule has 0 unspecified atom stereocenters. The Morgan fingerprint density at radius 3 is 2.43 bits per heavy atom. The summed E-state index contributed by atoms with van der Waals surface area (Å²) in [7, 11) is 0. The minimum Gasteiger partial charge on any atom is -0.508 e. The molecule has 0 aliphatic carbocycles. The first kappa shape index (κ1) is 10.7. The summed E-state index contributed by atoms with van der Waals surface area (Å²) in [4.78, 5) is 0. The normalized spacial score (nSPS) is 11.6. The fraction of sp³-hybridized carbons (Fsp3) is 0.333. The molecule has 0 aliphatic rings. The second kappa shape index (κ2) is 3.79. The number of alkyl halides is 2. The average molecular weight is 203 g/mol. The van der Waals surface area contributed by atoms with Gasteiger partial charge < -0.3 is 15.9 Å². The van der Waals surface area contributed by atoms with Gasteiger partial charge in [0.05, 0.1) is 6.54 Å². The summed E-state index contributed by atoms with van der Waals surface area (Å²) >= 11 is 0. The summed E-state index contributed by atoms with van der Waals surface area (Å²) in [6.45, 7) is -0.771. The molecule has 1 rings (SSSR count). The van der Waals surface area contributed by atoms with Crippen LogP contribution in [-0.4, -0.2) is 22.7 Å². The molecule has 0 aliphatic heterocycles. The number of aromatic hydroxyl groups is 2. The number of benzene rings is 1. The average Bonchev–Trinajstić information content (AvgIpc) is 2.10. The van der Waals surface area contributed by atoms with Crippen molar-refractivity contribution in [2.75, 3.05) is 6.54 Å². The lowest BCUT2D eigenvalue weighted by Gasteiger charge is -2.14. The molecule has 78 valence electrons. The van der Waals surface area contributed by atoms with E-state index in [0.29, 0.717) is 0 Å². The largest absolute Gasteiger partial charge is 0.508 e. The molecule has 1 aromatic rings. The zero-order chi connectivity index (χ0) is 10.8. The molecule has 0 aromatic heterocycles. The Bertz CT molecular complexity index is 329. The summed E-state index contributed by atoms with van der Waals surface area (Å²) in [6, 6.07) is 3.50. The maximum atomic E-state index is 12.8.